The summed E-state index contributed by atoms with van der Waals surface area (Å²) in [7, 11) is -3.13. The standard InChI is InChI=1S/C27H31ClF3N6OP/c1-39(2,38)23-14-19(27(29,30)31)15-32-25(23)35-24-22(28)16-33-26(36-24)34-20-8-5-17-6-9-21(10-7-18(17)13-20)37-11-3-4-12-37/h5,8,13-16,21H,3-4,6-7,9-12H2,1-2H3,(H2,32,33,34,35,36)/t21-/m0/s1. The second-order valence-electron chi connectivity index (χ2n) is 10.5. The summed E-state index contributed by atoms with van der Waals surface area (Å²) in [6, 6.07) is 7.77. The number of pyridine rings is 1. The van der Waals surface area contributed by atoms with Gasteiger partial charge in [-0.3, -0.25) is 0 Å². The van der Waals surface area contributed by atoms with Crippen LogP contribution in [0, 0.1) is 0 Å². The lowest BCUT2D eigenvalue weighted by atomic mass is 10.0. The molecule has 12 heteroatoms. The van der Waals surface area contributed by atoms with Crippen LogP contribution in [0.3, 0.4) is 0 Å². The van der Waals surface area contributed by atoms with Gasteiger partial charge < -0.3 is 20.1 Å². The summed E-state index contributed by atoms with van der Waals surface area (Å²) in [5.41, 5.74) is 2.54. The maximum Gasteiger partial charge on any atom is 0.417 e. The minimum Gasteiger partial charge on any atom is -0.324 e. The molecule has 1 aliphatic heterocycles. The van der Waals surface area contributed by atoms with E-state index in [0.29, 0.717) is 12.2 Å². The molecule has 3 aromatic rings. The van der Waals surface area contributed by atoms with Crippen LogP contribution in [0.15, 0.2) is 36.7 Å². The van der Waals surface area contributed by atoms with E-state index in [2.05, 4.69) is 42.6 Å². The third-order valence-corrected chi connectivity index (χ3v) is 9.15. The van der Waals surface area contributed by atoms with E-state index in [1.807, 2.05) is 6.07 Å². The molecule has 0 amide bonds. The van der Waals surface area contributed by atoms with E-state index < -0.39 is 18.9 Å². The van der Waals surface area contributed by atoms with E-state index in [1.54, 1.807) is 0 Å². The number of benzene rings is 1. The summed E-state index contributed by atoms with van der Waals surface area (Å²) in [4.78, 5) is 15.2. The molecule has 0 radical (unpaired) electrons. The van der Waals surface area contributed by atoms with Gasteiger partial charge in [-0.15, -0.1) is 0 Å². The van der Waals surface area contributed by atoms with Crippen LogP contribution < -0.4 is 15.9 Å². The van der Waals surface area contributed by atoms with Crippen LogP contribution in [-0.4, -0.2) is 52.3 Å². The zero-order valence-corrected chi connectivity index (χ0v) is 23.5. The number of fused-ring (bicyclic) bond motifs is 1. The predicted octanol–water partition coefficient (Wildman–Crippen LogP) is 6.62. The molecule has 2 aromatic heterocycles. The molecule has 1 aliphatic carbocycles. The second kappa shape index (κ2) is 11.1. The number of likely N-dealkylation sites (tertiary alicyclic amines) is 1. The van der Waals surface area contributed by atoms with Crippen LogP contribution in [0.1, 0.15) is 42.4 Å². The Morgan fingerprint density at radius 2 is 1.69 bits per heavy atom. The Kier molecular flexibility index (Phi) is 7.91. The molecule has 0 bridgehead atoms. The van der Waals surface area contributed by atoms with Crippen molar-refractivity contribution in [1.82, 2.24) is 19.9 Å². The molecule has 0 spiro atoms. The van der Waals surface area contributed by atoms with Gasteiger partial charge in [0.2, 0.25) is 5.95 Å². The Labute approximate surface area is 231 Å². The van der Waals surface area contributed by atoms with Crippen molar-refractivity contribution in [3.05, 3.63) is 58.4 Å². The van der Waals surface area contributed by atoms with Crippen molar-refractivity contribution in [3.8, 4) is 0 Å². The quantitative estimate of drug-likeness (QED) is 0.251. The summed E-state index contributed by atoms with van der Waals surface area (Å²) in [5, 5.41) is 6.18. The highest BCUT2D eigenvalue weighted by atomic mass is 35.5. The van der Waals surface area contributed by atoms with Gasteiger partial charge >= 0.3 is 6.18 Å². The molecular formula is C27H31ClF3N6OP. The first-order valence-electron chi connectivity index (χ1n) is 13.0. The molecule has 39 heavy (non-hydrogen) atoms. The van der Waals surface area contributed by atoms with Gasteiger partial charge in [0.05, 0.1) is 17.1 Å². The highest BCUT2D eigenvalue weighted by Crippen LogP contribution is 2.40. The van der Waals surface area contributed by atoms with E-state index in [4.69, 9.17) is 11.6 Å². The van der Waals surface area contributed by atoms with Crippen LogP contribution in [0.4, 0.5) is 36.4 Å². The van der Waals surface area contributed by atoms with E-state index in [-0.39, 0.29) is 27.9 Å². The highest BCUT2D eigenvalue weighted by Gasteiger charge is 2.33. The normalized spacial score (nSPS) is 18.5. The minimum atomic E-state index is -4.61. The van der Waals surface area contributed by atoms with Crippen molar-refractivity contribution in [1.29, 1.82) is 0 Å². The van der Waals surface area contributed by atoms with E-state index in [1.165, 1.54) is 63.0 Å². The average Bonchev–Trinajstić information content (AvgIpc) is 3.32. The number of hydrogen-bond donors (Lipinski definition) is 2. The van der Waals surface area contributed by atoms with Crippen LogP contribution in [0.25, 0.3) is 0 Å². The number of alkyl halides is 3. The molecule has 5 rings (SSSR count). The van der Waals surface area contributed by atoms with Gasteiger partial charge in [-0.25, -0.2) is 9.97 Å². The number of anilines is 4. The van der Waals surface area contributed by atoms with Crippen LogP contribution in [0.5, 0.6) is 0 Å². The van der Waals surface area contributed by atoms with E-state index >= 15 is 0 Å². The van der Waals surface area contributed by atoms with Crippen molar-refractivity contribution in [2.45, 2.75) is 50.7 Å². The van der Waals surface area contributed by atoms with Crippen LogP contribution in [-0.2, 0) is 23.6 Å². The molecule has 0 saturated carbocycles. The first-order chi connectivity index (χ1) is 18.5. The number of aryl methyl sites for hydroxylation is 2. The first kappa shape index (κ1) is 27.9. The fourth-order valence-corrected chi connectivity index (χ4v) is 6.52. The smallest absolute Gasteiger partial charge is 0.324 e. The zero-order valence-electron chi connectivity index (χ0n) is 21.9. The Morgan fingerprint density at radius 3 is 2.38 bits per heavy atom. The number of nitrogens with one attached hydrogen (secondary N) is 2. The highest BCUT2D eigenvalue weighted by molar-refractivity contribution is 7.70. The van der Waals surface area contributed by atoms with Gasteiger partial charge in [0.1, 0.15) is 18.0 Å². The molecule has 2 N–H and O–H groups in total. The van der Waals surface area contributed by atoms with Crippen molar-refractivity contribution in [2.24, 2.45) is 0 Å². The first-order valence-corrected chi connectivity index (χ1v) is 16.0. The molecule has 208 valence electrons. The van der Waals surface area contributed by atoms with Crippen molar-refractivity contribution in [3.63, 3.8) is 0 Å². The molecule has 3 heterocycles. The molecular weight excluding hydrogens is 548 g/mol. The fourth-order valence-electron chi connectivity index (χ4n) is 5.31. The number of halogens is 4. The Hall–Kier alpha value is -2.68. The lowest BCUT2D eigenvalue weighted by Crippen LogP contribution is -2.32. The van der Waals surface area contributed by atoms with Gasteiger partial charge in [-0.1, -0.05) is 17.7 Å². The topological polar surface area (TPSA) is 83.0 Å². The second-order valence-corrected chi connectivity index (χ2v) is 14.1. The number of hydrogen-bond acceptors (Lipinski definition) is 7. The molecule has 2 aliphatic rings. The maximum atomic E-state index is 13.3. The number of aromatic nitrogens is 3. The molecule has 1 atom stereocenters. The van der Waals surface area contributed by atoms with Crippen molar-refractivity contribution < 1.29 is 17.7 Å². The minimum absolute atomic E-state index is 0.000436. The lowest BCUT2D eigenvalue weighted by molar-refractivity contribution is -0.137. The van der Waals surface area contributed by atoms with E-state index in [0.717, 1.165) is 31.0 Å². The molecule has 1 saturated heterocycles. The molecule has 0 unspecified atom stereocenters. The largest absolute Gasteiger partial charge is 0.417 e. The molecule has 7 nitrogen and oxygen atoms in total. The summed E-state index contributed by atoms with van der Waals surface area (Å²) in [6.45, 7) is 5.18. The summed E-state index contributed by atoms with van der Waals surface area (Å²) in [5.74, 6) is 0.398. The van der Waals surface area contributed by atoms with Gasteiger partial charge in [-0.05, 0) is 94.3 Å². The SMILES string of the molecule is CP(C)(=O)c1cc(C(F)(F)F)cnc1Nc1nc(Nc2ccc3c(c2)CC[C@@H](N2CCCC2)CC3)ncc1Cl. The summed E-state index contributed by atoms with van der Waals surface area (Å²) < 4.78 is 52.6. The van der Waals surface area contributed by atoms with Crippen molar-refractivity contribution in [2.75, 3.05) is 37.1 Å². The van der Waals surface area contributed by atoms with Gasteiger partial charge in [-0.2, -0.15) is 18.2 Å². The van der Waals surface area contributed by atoms with Gasteiger partial charge in [0, 0.05) is 17.9 Å². The third kappa shape index (κ3) is 6.56. The maximum absolute atomic E-state index is 13.3. The molecule has 1 aromatic carbocycles. The number of rotatable bonds is 6. The van der Waals surface area contributed by atoms with Crippen LogP contribution in [0.2, 0.25) is 5.02 Å². The molecule has 1 fully saturated rings. The predicted molar refractivity (Wildman–Crippen MR) is 150 cm³/mol. The summed E-state index contributed by atoms with van der Waals surface area (Å²) in [6.07, 6.45) is 4.46. The third-order valence-electron chi connectivity index (χ3n) is 7.37. The lowest BCUT2D eigenvalue weighted by Gasteiger charge is -2.25. The van der Waals surface area contributed by atoms with Crippen LogP contribution >= 0.6 is 18.7 Å². The Morgan fingerprint density at radius 1 is 0.974 bits per heavy atom. The van der Waals surface area contributed by atoms with E-state index in [9.17, 15) is 17.7 Å². The van der Waals surface area contributed by atoms with Gasteiger partial charge in [0.15, 0.2) is 5.82 Å². The van der Waals surface area contributed by atoms with Crippen molar-refractivity contribution >= 4 is 47.3 Å². The number of nitrogens with zero attached hydrogens (tertiary/aromatic N) is 4. The van der Waals surface area contributed by atoms with Gasteiger partial charge in [0.25, 0.3) is 0 Å². The Bertz CT molecular complexity index is 1410. The average molecular weight is 579 g/mol. The fraction of sp³-hybridized carbons (Fsp3) is 0.444. The zero-order chi connectivity index (χ0) is 27.8. The monoisotopic (exact) mass is 578 g/mol. The Balaban J connectivity index is 1.35. The summed E-state index contributed by atoms with van der Waals surface area (Å²) >= 11 is 6.30.